The first kappa shape index (κ1) is 37.3. The number of fused-ring (bicyclic) bond motifs is 2. The molecule has 0 saturated carbocycles. The lowest BCUT2D eigenvalue weighted by Crippen LogP contribution is -2.33. The van der Waals surface area contributed by atoms with Gasteiger partial charge in [0.05, 0.1) is 0 Å². The first-order chi connectivity index (χ1) is 29.2. The molecule has 1 heterocycles. The molecule has 0 fully saturated rings. The smallest absolute Gasteiger partial charge is 0.164 e. The van der Waals surface area contributed by atoms with E-state index in [0.717, 1.165) is 57.3 Å². The molecule has 0 radical (unpaired) electrons. The Bertz CT molecular complexity index is 2940. The molecule has 1 aliphatic carbocycles. The van der Waals surface area contributed by atoms with Gasteiger partial charge in [-0.1, -0.05) is 191 Å². The number of nitrogens with zero attached hydrogens (tertiary/aromatic N) is 3. The maximum atomic E-state index is 5.32. The minimum absolute atomic E-state index is 0.0476. The SMILES string of the molecule is CC1(C)CCC(C)(C)c2cc(-c3nc(-c4ccc(-c5cccc6cccc(-c7ccccc7)c56)cc4)nc(-c4cc(-c5ccccc5)cc(-c5ccccc5)c4)n3)ccc21. The van der Waals surface area contributed by atoms with Crippen molar-refractivity contribution >= 4 is 10.8 Å². The zero-order chi connectivity index (χ0) is 40.8. The van der Waals surface area contributed by atoms with Crippen molar-refractivity contribution in [3.63, 3.8) is 0 Å². The lowest BCUT2D eigenvalue weighted by Gasteiger charge is -2.42. The average molecular weight is 774 g/mol. The van der Waals surface area contributed by atoms with Crippen LogP contribution in [-0.4, -0.2) is 15.0 Å². The Morgan fingerprint density at radius 1 is 0.317 bits per heavy atom. The third-order valence-corrected chi connectivity index (χ3v) is 12.6. The molecule has 0 atom stereocenters. The van der Waals surface area contributed by atoms with Gasteiger partial charge < -0.3 is 0 Å². The van der Waals surface area contributed by atoms with Gasteiger partial charge in [0.2, 0.25) is 0 Å². The van der Waals surface area contributed by atoms with Crippen molar-refractivity contribution in [2.75, 3.05) is 0 Å². The van der Waals surface area contributed by atoms with Gasteiger partial charge in [0.15, 0.2) is 17.5 Å². The van der Waals surface area contributed by atoms with Crippen LogP contribution in [-0.2, 0) is 10.8 Å². The second kappa shape index (κ2) is 15.0. The third-order valence-electron chi connectivity index (χ3n) is 12.6. The fourth-order valence-electron chi connectivity index (χ4n) is 9.08. The van der Waals surface area contributed by atoms with E-state index in [4.69, 9.17) is 15.0 Å². The Balaban J connectivity index is 1.14. The molecule has 3 heteroatoms. The van der Waals surface area contributed by atoms with Crippen molar-refractivity contribution in [2.24, 2.45) is 0 Å². The summed E-state index contributed by atoms with van der Waals surface area (Å²) in [7, 11) is 0. The minimum atomic E-state index is 0.0476. The van der Waals surface area contributed by atoms with Crippen molar-refractivity contribution in [1.29, 1.82) is 0 Å². The highest BCUT2D eigenvalue weighted by atomic mass is 15.0. The van der Waals surface area contributed by atoms with Crippen molar-refractivity contribution < 1.29 is 0 Å². The van der Waals surface area contributed by atoms with Gasteiger partial charge in [-0.15, -0.1) is 0 Å². The summed E-state index contributed by atoms with van der Waals surface area (Å²) in [6.45, 7) is 9.48. The second-order valence-corrected chi connectivity index (χ2v) is 17.5. The van der Waals surface area contributed by atoms with Crippen LogP contribution in [0.15, 0.2) is 188 Å². The number of hydrogen-bond acceptors (Lipinski definition) is 3. The zero-order valence-corrected chi connectivity index (χ0v) is 34.7. The van der Waals surface area contributed by atoms with Gasteiger partial charge in [-0.25, -0.2) is 15.0 Å². The molecule has 0 aliphatic heterocycles. The van der Waals surface area contributed by atoms with Crippen LogP contribution in [0.3, 0.4) is 0 Å². The summed E-state index contributed by atoms with van der Waals surface area (Å²) >= 11 is 0. The van der Waals surface area contributed by atoms with Gasteiger partial charge in [0.1, 0.15) is 0 Å². The summed E-state index contributed by atoms with van der Waals surface area (Å²) in [5, 5.41) is 2.46. The quantitative estimate of drug-likeness (QED) is 0.162. The molecule has 8 aromatic carbocycles. The second-order valence-electron chi connectivity index (χ2n) is 17.5. The summed E-state index contributed by atoms with van der Waals surface area (Å²) < 4.78 is 0. The molecule has 1 aromatic heterocycles. The monoisotopic (exact) mass is 773 g/mol. The first-order valence-corrected chi connectivity index (χ1v) is 21.1. The Labute approximate surface area is 353 Å². The highest BCUT2D eigenvalue weighted by Crippen LogP contribution is 2.47. The molecule has 60 heavy (non-hydrogen) atoms. The van der Waals surface area contributed by atoms with E-state index in [0.29, 0.717) is 17.5 Å². The summed E-state index contributed by atoms with van der Waals surface area (Å²) in [5.41, 5.74) is 15.1. The molecule has 0 amide bonds. The van der Waals surface area contributed by atoms with Crippen LogP contribution < -0.4 is 0 Å². The van der Waals surface area contributed by atoms with Gasteiger partial charge in [-0.3, -0.25) is 0 Å². The molecule has 0 spiro atoms. The lowest BCUT2D eigenvalue weighted by molar-refractivity contribution is 0.332. The molecule has 0 saturated heterocycles. The molecule has 0 N–H and O–H groups in total. The van der Waals surface area contributed by atoms with E-state index >= 15 is 0 Å². The standard InChI is InChI=1S/C57H47N3/c1-56(2)32-33-57(3,4)51-37-44(30-31-50(51)56)54-58-53(59-55(60-54)47-35-45(38-16-8-5-9-17-38)34-46(36-47)39-18-10-6-11-19-39)43-28-26-41(27-29-43)49-25-15-23-42-22-14-24-48(52(42)49)40-20-12-7-13-21-40/h5-31,34-37H,32-33H2,1-4H3. The van der Waals surface area contributed by atoms with Gasteiger partial charge in [0, 0.05) is 16.7 Å². The Kier molecular flexibility index (Phi) is 9.33. The summed E-state index contributed by atoms with van der Waals surface area (Å²) in [4.78, 5) is 15.9. The predicted octanol–water partition coefficient (Wildman–Crippen LogP) is 15.0. The normalized spacial score (nSPS) is 14.1. The van der Waals surface area contributed by atoms with E-state index in [-0.39, 0.29) is 10.8 Å². The van der Waals surface area contributed by atoms with E-state index < -0.39 is 0 Å². The van der Waals surface area contributed by atoms with Crippen LogP contribution in [0.4, 0.5) is 0 Å². The van der Waals surface area contributed by atoms with Gasteiger partial charge in [-0.05, 0) is 114 Å². The molecule has 3 nitrogen and oxygen atoms in total. The summed E-state index contributed by atoms with van der Waals surface area (Å²) in [5.74, 6) is 1.97. The van der Waals surface area contributed by atoms with Crippen LogP contribution in [0.25, 0.3) is 89.4 Å². The van der Waals surface area contributed by atoms with Gasteiger partial charge in [-0.2, -0.15) is 0 Å². The molecule has 1 aliphatic rings. The molecule has 0 unspecified atom stereocenters. The van der Waals surface area contributed by atoms with Crippen LogP contribution in [0.1, 0.15) is 51.7 Å². The van der Waals surface area contributed by atoms with E-state index in [9.17, 15) is 0 Å². The van der Waals surface area contributed by atoms with Crippen LogP contribution >= 0.6 is 0 Å². The van der Waals surface area contributed by atoms with E-state index in [2.05, 4.69) is 216 Å². The largest absolute Gasteiger partial charge is 0.208 e. The highest BCUT2D eigenvalue weighted by molar-refractivity contribution is 6.06. The Morgan fingerprint density at radius 2 is 0.733 bits per heavy atom. The maximum Gasteiger partial charge on any atom is 0.164 e. The number of benzene rings is 8. The third kappa shape index (κ3) is 7.01. The first-order valence-electron chi connectivity index (χ1n) is 21.1. The van der Waals surface area contributed by atoms with Crippen LogP contribution in [0, 0.1) is 0 Å². The average Bonchev–Trinajstić information content (AvgIpc) is 3.30. The number of aromatic nitrogens is 3. The highest BCUT2D eigenvalue weighted by Gasteiger charge is 2.37. The fraction of sp³-hybridized carbons (Fsp3) is 0.140. The van der Waals surface area contributed by atoms with Crippen molar-refractivity contribution in [1.82, 2.24) is 15.0 Å². The van der Waals surface area contributed by atoms with Crippen molar-refractivity contribution in [3.8, 4) is 78.7 Å². The summed E-state index contributed by atoms with van der Waals surface area (Å²) in [6.07, 6.45) is 2.30. The van der Waals surface area contributed by atoms with E-state index in [1.165, 1.54) is 38.6 Å². The maximum absolute atomic E-state index is 5.32. The van der Waals surface area contributed by atoms with E-state index in [1.54, 1.807) is 0 Å². The number of hydrogen-bond donors (Lipinski definition) is 0. The van der Waals surface area contributed by atoms with Crippen LogP contribution in [0.2, 0.25) is 0 Å². The van der Waals surface area contributed by atoms with Gasteiger partial charge in [0.25, 0.3) is 0 Å². The molecule has 10 rings (SSSR count). The Morgan fingerprint density at radius 3 is 1.28 bits per heavy atom. The van der Waals surface area contributed by atoms with Crippen LogP contribution in [0.5, 0.6) is 0 Å². The molecular formula is C57H47N3. The van der Waals surface area contributed by atoms with E-state index in [1.807, 2.05) is 0 Å². The fourth-order valence-corrected chi connectivity index (χ4v) is 9.08. The minimum Gasteiger partial charge on any atom is -0.208 e. The molecule has 9 aromatic rings. The predicted molar refractivity (Wildman–Crippen MR) is 251 cm³/mol. The summed E-state index contributed by atoms with van der Waals surface area (Å²) in [6, 6.07) is 67.3. The number of rotatable bonds is 7. The Hall–Kier alpha value is -6.97. The molecule has 0 bridgehead atoms. The van der Waals surface area contributed by atoms with Crippen molar-refractivity contribution in [2.45, 2.75) is 51.4 Å². The topological polar surface area (TPSA) is 38.7 Å². The lowest BCUT2D eigenvalue weighted by atomic mass is 9.63. The molecule has 290 valence electrons. The molecular weight excluding hydrogens is 727 g/mol. The van der Waals surface area contributed by atoms with Crippen molar-refractivity contribution in [3.05, 3.63) is 199 Å². The van der Waals surface area contributed by atoms with Gasteiger partial charge >= 0.3 is 0 Å². The zero-order valence-electron chi connectivity index (χ0n) is 34.7.